The molecule has 1 aliphatic heterocycles. The average molecular weight is 157 g/mol. The van der Waals surface area contributed by atoms with Crippen molar-refractivity contribution in [2.45, 2.75) is 19.4 Å². The van der Waals surface area contributed by atoms with E-state index < -0.39 is 0 Å². The Bertz CT molecular complexity index is 214. The van der Waals surface area contributed by atoms with Gasteiger partial charge in [-0.2, -0.15) is 0 Å². The molecule has 0 N–H and O–H groups in total. The minimum absolute atomic E-state index is 0.215. The molecule has 3 heteroatoms. The van der Waals surface area contributed by atoms with Gasteiger partial charge in [-0.05, 0) is 13.8 Å². The van der Waals surface area contributed by atoms with Gasteiger partial charge in [-0.1, -0.05) is 11.6 Å². The second-order valence-electron chi connectivity index (χ2n) is 2.70. The Kier molecular flexibility index (Phi) is 1.90. The van der Waals surface area contributed by atoms with Crippen LogP contribution in [0.15, 0.2) is 21.2 Å². The van der Waals surface area contributed by atoms with E-state index in [1.54, 1.807) is 18.6 Å². The lowest BCUT2D eigenvalue weighted by molar-refractivity contribution is 0.723. The van der Waals surface area contributed by atoms with Crippen LogP contribution in [-0.4, -0.2) is 18.0 Å². The van der Waals surface area contributed by atoms with Gasteiger partial charge in [-0.25, -0.2) is 0 Å². The highest BCUT2D eigenvalue weighted by Gasteiger charge is 2.12. The van der Waals surface area contributed by atoms with E-state index in [1.165, 1.54) is 0 Å². The minimum Gasteiger partial charge on any atom is -0.280 e. The second-order valence-corrected chi connectivity index (χ2v) is 3.14. The number of rotatable bonds is 0. The van der Waals surface area contributed by atoms with E-state index in [4.69, 9.17) is 11.6 Å². The molecule has 1 aliphatic rings. The van der Waals surface area contributed by atoms with E-state index in [-0.39, 0.29) is 5.54 Å². The first-order valence-electron chi connectivity index (χ1n) is 3.05. The van der Waals surface area contributed by atoms with Crippen LogP contribution in [0.1, 0.15) is 13.8 Å². The van der Waals surface area contributed by atoms with E-state index in [1.807, 2.05) is 13.8 Å². The summed E-state index contributed by atoms with van der Waals surface area (Å²) in [6.45, 7) is 3.94. The Balaban J connectivity index is 2.88. The average Bonchev–Trinajstić information content (AvgIpc) is 1.94. The summed E-state index contributed by atoms with van der Waals surface area (Å²) in [5.74, 6) is 0. The Morgan fingerprint density at radius 1 is 1.50 bits per heavy atom. The lowest BCUT2D eigenvalue weighted by Crippen LogP contribution is -2.17. The highest BCUT2D eigenvalue weighted by molar-refractivity contribution is 6.39. The van der Waals surface area contributed by atoms with Crippen molar-refractivity contribution in [2.24, 2.45) is 9.98 Å². The number of nitrogens with zero attached hydrogens (tertiary/aromatic N) is 2. The Labute approximate surface area is 65.3 Å². The van der Waals surface area contributed by atoms with Gasteiger partial charge in [0.15, 0.2) is 0 Å². The van der Waals surface area contributed by atoms with Crippen LogP contribution in [0.2, 0.25) is 0 Å². The molecule has 10 heavy (non-hydrogen) atoms. The molecular weight excluding hydrogens is 148 g/mol. The van der Waals surface area contributed by atoms with Crippen LogP contribution in [0, 0.1) is 0 Å². The van der Waals surface area contributed by atoms with Gasteiger partial charge < -0.3 is 0 Å². The van der Waals surface area contributed by atoms with Gasteiger partial charge in [0.2, 0.25) is 0 Å². The summed E-state index contributed by atoms with van der Waals surface area (Å²) in [6.07, 6.45) is 4.97. The van der Waals surface area contributed by atoms with Gasteiger partial charge in [0, 0.05) is 18.6 Å². The highest BCUT2D eigenvalue weighted by Crippen LogP contribution is 2.10. The standard InChI is InChI=1S/C7H9ClN2/c1-7(2)5-9-3-6(8)4-10-7/h3-5H,1-2H3. The van der Waals surface area contributed by atoms with Crippen LogP contribution >= 0.6 is 11.6 Å². The SMILES string of the molecule is CC1(C)C=NC=C(Cl)C=N1. The van der Waals surface area contributed by atoms with E-state index in [9.17, 15) is 0 Å². The van der Waals surface area contributed by atoms with Gasteiger partial charge in [-0.3, -0.25) is 9.98 Å². The summed E-state index contributed by atoms with van der Waals surface area (Å²) in [5.41, 5.74) is -0.215. The predicted octanol–water partition coefficient (Wildman–Crippen LogP) is 2.00. The summed E-state index contributed by atoms with van der Waals surface area (Å²) >= 11 is 5.65. The maximum absolute atomic E-state index is 5.65. The van der Waals surface area contributed by atoms with Crippen LogP contribution in [0.4, 0.5) is 0 Å². The molecule has 0 aromatic rings. The van der Waals surface area contributed by atoms with Crippen LogP contribution in [-0.2, 0) is 0 Å². The van der Waals surface area contributed by atoms with E-state index in [0.717, 1.165) is 0 Å². The third-order valence-electron chi connectivity index (χ3n) is 1.11. The molecule has 0 aliphatic carbocycles. The fourth-order valence-corrected chi connectivity index (χ4v) is 0.691. The smallest absolute Gasteiger partial charge is 0.0901 e. The van der Waals surface area contributed by atoms with Crippen molar-refractivity contribution < 1.29 is 0 Å². The zero-order chi connectivity index (χ0) is 7.61. The number of hydrogen-bond acceptors (Lipinski definition) is 2. The number of aliphatic imine (C=N–C) groups is 2. The van der Waals surface area contributed by atoms with Crippen molar-refractivity contribution in [1.82, 2.24) is 0 Å². The third kappa shape index (κ3) is 1.95. The molecule has 1 heterocycles. The first-order valence-corrected chi connectivity index (χ1v) is 3.43. The van der Waals surface area contributed by atoms with Crippen molar-refractivity contribution in [3.63, 3.8) is 0 Å². The molecule has 0 atom stereocenters. The van der Waals surface area contributed by atoms with Crippen molar-refractivity contribution in [2.75, 3.05) is 0 Å². The Morgan fingerprint density at radius 2 is 2.20 bits per heavy atom. The molecule has 0 spiro atoms. The molecule has 0 radical (unpaired) electrons. The van der Waals surface area contributed by atoms with Crippen molar-refractivity contribution in [1.29, 1.82) is 0 Å². The number of halogens is 1. The van der Waals surface area contributed by atoms with Gasteiger partial charge >= 0.3 is 0 Å². The van der Waals surface area contributed by atoms with Crippen molar-refractivity contribution >= 4 is 24.0 Å². The fraction of sp³-hybridized carbons (Fsp3) is 0.429. The lowest BCUT2D eigenvalue weighted by Gasteiger charge is -2.09. The van der Waals surface area contributed by atoms with E-state index >= 15 is 0 Å². The molecule has 54 valence electrons. The van der Waals surface area contributed by atoms with Gasteiger partial charge in [0.25, 0.3) is 0 Å². The van der Waals surface area contributed by atoms with Crippen LogP contribution < -0.4 is 0 Å². The summed E-state index contributed by atoms with van der Waals surface area (Å²) in [4.78, 5) is 8.12. The molecule has 0 amide bonds. The summed E-state index contributed by atoms with van der Waals surface area (Å²) < 4.78 is 0. The first kappa shape index (κ1) is 7.48. The van der Waals surface area contributed by atoms with Gasteiger partial charge in [0.1, 0.15) is 0 Å². The Morgan fingerprint density at radius 3 is 2.90 bits per heavy atom. The summed E-state index contributed by atoms with van der Waals surface area (Å²) in [6, 6.07) is 0. The molecule has 0 aromatic carbocycles. The maximum atomic E-state index is 5.65. The monoisotopic (exact) mass is 156 g/mol. The van der Waals surface area contributed by atoms with Crippen LogP contribution in [0.5, 0.6) is 0 Å². The van der Waals surface area contributed by atoms with Crippen LogP contribution in [0.3, 0.4) is 0 Å². The highest BCUT2D eigenvalue weighted by atomic mass is 35.5. The lowest BCUT2D eigenvalue weighted by atomic mass is 10.1. The topological polar surface area (TPSA) is 24.7 Å². The number of hydrogen-bond donors (Lipinski definition) is 0. The molecule has 2 nitrogen and oxygen atoms in total. The fourth-order valence-electron chi connectivity index (χ4n) is 0.586. The number of allylic oxidation sites excluding steroid dienone is 1. The van der Waals surface area contributed by atoms with E-state index in [2.05, 4.69) is 9.98 Å². The van der Waals surface area contributed by atoms with Crippen LogP contribution in [0.25, 0.3) is 0 Å². The third-order valence-corrected chi connectivity index (χ3v) is 1.30. The molecule has 0 fully saturated rings. The van der Waals surface area contributed by atoms with E-state index in [0.29, 0.717) is 5.03 Å². The molecule has 0 aromatic heterocycles. The van der Waals surface area contributed by atoms with Gasteiger partial charge in [-0.15, -0.1) is 0 Å². The molecule has 0 unspecified atom stereocenters. The molecule has 0 saturated heterocycles. The molecule has 1 rings (SSSR count). The largest absolute Gasteiger partial charge is 0.280 e. The zero-order valence-corrected chi connectivity index (χ0v) is 6.76. The molecule has 0 bridgehead atoms. The molecular formula is C7H9ClN2. The first-order chi connectivity index (χ1) is 4.60. The summed E-state index contributed by atoms with van der Waals surface area (Å²) in [5, 5.41) is 0.571. The maximum Gasteiger partial charge on any atom is 0.0901 e. The summed E-state index contributed by atoms with van der Waals surface area (Å²) in [7, 11) is 0. The predicted molar refractivity (Wildman–Crippen MR) is 45.0 cm³/mol. The normalized spacial score (nSPS) is 22.1. The quantitative estimate of drug-likeness (QED) is 0.513. The van der Waals surface area contributed by atoms with Crippen molar-refractivity contribution in [3.8, 4) is 0 Å². The Hall–Kier alpha value is -0.630. The van der Waals surface area contributed by atoms with Crippen molar-refractivity contribution in [3.05, 3.63) is 11.2 Å². The minimum atomic E-state index is -0.215. The van der Waals surface area contributed by atoms with Gasteiger partial charge in [0.05, 0.1) is 10.6 Å². The molecule has 0 saturated carbocycles. The zero-order valence-electron chi connectivity index (χ0n) is 6.00. The second kappa shape index (κ2) is 2.54.